The van der Waals surface area contributed by atoms with Crippen molar-refractivity contribution >= 4 is 23.2 Å². The summed E-state index contributed by atoms with van der Waals surface area (Å²) in [5.74, 6) is 0.832. The van der Waals surface area contributed by atoms with E-state index in [0.717, 1.165) is 12.5 Å². The van der Waals surface area contributed by atoms with E-state index in [1.165, 1.54) is 5.56 Å². The molecule has 5 nitrogen and oxygen atoms in total. The van der Waals surface area contributed by atoms with E-state index in [4.69, 9.17) is 0 Å². The molecular weight excluding hydrogens is 284 g/mol. The number of guanidine groups is 1. The van der Waals surface area contributed by atoms with Gasteiger partial charge in [-0.25, -0.2) is 4.99 Å². The van der Waals surface area contributed by atoms with Gasteiger partial charge < -0.3 is 16.0 Å². The lowest BCUT2D eigenvalue weighted by Crippen LogP contribution is -2.43. The van der Waals surface area contributed by atoms with Crippen LogP contribution in [-0.2, 0) is 11.3 Å². The van der Waals surface area contributed by atoms with Crippen LogP contribution in [0.15, 0.2) is 21.8 Å². The average Bonchev–Trinajstić information content (AvgIpc) is 2.92. The van der Waals surface area contributed by atoms with Gasteiger partial charge in [-0.3, -0.25) is 4.79 Å². The van der Waals surface area contributed by atoms with Crippen molar-refractivity contribution in [3.63, 3.8) is 0 Å². The number of carbonyl (C=O) groups is 1. The molecule has 0 saturated heterocycles. The Hall–Kier alpha value is -1.56. The summed E-state index contributed by atoms with van der Waals surface area (Å²) >= 11 is 1.67. The number of carbonyl (C=O) groups excluding carboxylic acids is 1. The van der Waals surface area contributed by atoms with Crippen LogP contribution in [0, 0.1) is 5.41 Å². The maximum atomic E-state index is 11.7. The number of aliphatic imine (C=N–C) groups is 1. The van der Waals surface area contributed by atoms with Crippen LogP contribution in [0.25, 0.3) is 0 Å². The summed E-state index contributed by atoms with van der Waals surface area (Å²) in [5, 5.41) is 13.5. The van der Waals surface area contributed by atoms with Gasteiger partial charge in [0.2, 0.25) is 5.91 Å². The van der Waals surface area contributed by atoms with Gasteiger partial charge in [-0.1, -0.05) is 20.8 Å². The number of thiophene rings is 1. The van der Waals surface area contributed by atoms with Crippen LogP contribution in [-0.4, -0.2) is 31.5 Å². The molecule has 1 aromatic heterocycles. The molecule has 0 unspecified atom stereocenters. The van der Waals surface area contributed by atoms with E-state index >= 15 is 0 Å². The minimum atomic E-state index is -0.350. The molecule has 0 atom stereocenters. The number of rotatable bonds is 6. The Balaban J connectivity index is 2.34. The first-order chi connectivity index (χ1) is 9.93. The molecule has 0 aliphatic carbocycles. The molecule has 0 saturated carbocycles. The van der Waals surface area contributed by atoms with Gasteiger partial charge in [0, 0.05) is 25.0 Å². The summed E-state index contributed by atoms with van der Waals surface area (Å²) in [4.78, 5) is 16.2. The van der Waals surface area contributed by atoms with E-state index in [0.29, 0.717) is 19.6 Å². The summed E-state index contributed by atoms with van der Waals surface area (Å²) in [7, 11) is 0. The largest absolute Gasteiger partial charge is 0.357 e. The topological polar surface area (TPSA) is 65.5 Å². The zero-order chi connectivity index (χ0) is 15.7. The van der Waals surface area contributed by atoms with Crippen molar-refractivity contribution in [2.75, 3.05) is 19.6 Å². The number of nitrogens with one attached hydrogen (secondary N) is 3. The minimum absolute atomic E-state index is 0.0597. The fraction of sp³-hybridized carbons (Fsp3) is 0.600. The molecule has 0 fully saturated rings. The first-order valence-electron chi connectivity index (χ1n) is 7.25. The summed E-state index contributed by atoms with van der Waals surface area (Å²) in [6.45, 7) is 10.4. The molecule has 0 aliphatic rings. The van der Waals surface area contributed by atoms with E-state index in [1.54, 1.807) is 11.3 Å². The average molecular weight is 310 g/mol. The van der Waals surface area contributed by atoms with Gasteiger partial charge in [-0.2, -0.15) is 11.3 Å². The van der Waals surface area contributed by atoms with Crippen molar-refractivity contribution in [2.24, 2.45) is 10.4 Å². The number of hydrogen-bond donors (Lipinski definition) is 3. The van der Waals surface area contributed by atoms with Gasteiger partial charge in [0.1, 0.15) is 0 Å². The number of amides is 1. The molecule has 0 bridgehead atoms. The Morgan fingerprint density at radius 2 is 1.95 bits per heavy atom. The Labute approximate surface area is 131 Å². The third-order valence-electron chi connectivity index (χ3n) is 2.73. The fourth-order valence-corrected chi connectivity index (χ4v) is 2.18. The van der Waals surface area contributed by atoms with Crippen LogP contribution >= 0.6 is 11.3 Å². The van der Waals surface area contributed by atoms with Gasteiger partial charge in [0.05, 0.1) is 6.54 Å². The zero-order valence-corrected chi connectivity index (χ0v) is 14.1. The lowest BCUT2D eigenvalue weighted by atomic mass is 9.96. The molecule has 1 heterocycles. The van der Waals surface area contributed by atoms with Crippen LogP contribution in [0.4, 0.5) is 0 Å². The molecule has 1 rings (SSSR count). The quantitative estimate of drug-likeness (QED) is 0.427. The van der Waals surface area contributed by atoms with Crippen LogP contribution in [0.1, 0.15) is 33.3 Å². The van der Waals surface area contributed by atoms with E-state index < -0.39 is 0 Å². The van der Waals surface area contributed by atoms with E-state index in [2.05, 4.69) is 32.4 Å². The molecule has 0 spiro atoms. The highest BCUT2D eigenvalue weighted by molar-refractivity contribution is 7.07. The standard InChI is InChI=1S/C15H26N4OS/c1-5-16-14(19-10-12-6-9-21-11-12)18-8-7-17-13(20)15(2,3)4/h6,9,11H,5,7-8,10H2,1-4H3,(H,17,20)(H2,16,18,19). The maximum Gasteiger partial charge on any atom is 0.225 e. The molecule has 3 N–H and O–H groups in total. The van der Waals surface area contributed by atoms with Crippen LogP contribution in [0.5, 0.6) is 0 Å². The fourth-order valence-electron chi connectivity index (χ4n) is 1.52. The first-order valence-corrected chi connectivity index (χ1v) is 8.19. The second-order valence-corrected chi connectivity index (χ2v) is 6.54. The van der Waals surface area contributed by atoms with Crippen molar-refractivity contribution in [1.29, 1.82) is 0 Å². The van der Waals surface area contributed by atoms with Crippen LogP contribution < -0.4 is 16.0 Å². The minimum Gasteiger partial charge on any atom is -0.357 e. The summed E-state index contributed by atoms with van der Waals surface area (Å²) in [5.41, 5.74) is 0.857. The molecule has 1 aromatic rings. The Morgan fingerprint density at radius 3 is 2.52 bits per heavy atom. The van der Waals surface area contributed by atoms with E-state index in [1.807, 2.05) is 33.1 Å². The molecule has 21 heavy (non-hydrogen) atoms. The SMILES string of the molecule is CCNC(=NCc1ccsc1)NCCNC(=O)C(C)(C)C. The molecule has 1 amide bonds. The molecule has 118 valence electrons. The molecule has 0 radical (unpaired) electrons. The smallest absolute Gasteiger partial charge is 0.225 e. The van der Waals surface area contributed by atoms with Gasteiger partial charge >= 0.3 is 0 Å². The lowest BCUT2D eigenvalue weighted by molar-refractivity contribution is -0.128. The second-order valence-electron chi connectivity index (χ2n) is 5.76. The van der Waals surface area contributed by atoms with Gasteiger partial charge in [-0.15, -0.1) is 0 Å². The highest BCUT2D eigenvalue weighted by Gasteiger charge is 2.20. The third-order valence-corrected chi connectivity index (χ3v) is 3.46. The summed E-state index contributed by atoms with van der Waals surface area (Å²) in [6, 6.07) is 2.07. The lowest BCUT2D eigenvalue weighted by Gasteiger charge is -2.18. The van der Waals surface area contributed by atoms with Crippen molar-refractivity contribution in [1.82, 2.24) is 16.0 Å². The van der Waals surface area contributed by atoms with Gasteiger partial charge in [-0.05, 0) is 29.3 Å². The molecule has 0 aliphatic heterocycles. The number of hydrogen-bond acceptors (Lipinski definition) is 3. The molecular formula is C15H26N4OS. The van der Waals surface area contributed by atoms with Crippen LogP contribution in [0.3, 0.4) is 0 Å². The van der Waals surface area contributed by atoms with Crippen molar-refractivity contribution in [2.45, 2.75) is 34.2 Å². The summed E-state index contributed by atoms with van der Waals surface area (Å²) in [6.07, 6.45) is 0. The second kappa shape index (κ2) is 8.67. The van der Waals surface area contributed by atoms with Crippen molar-refractivity contribution < 1.29 is 4.79 Å². The van der Waals surface area contributed by atoms with Crippen molar-refractivity contribution in [3.05, 3.63) is 22.4 Å². The van der Waals surface area contributed by atoms with E-state index in [-0.39, 0.29) is 11.3 Å². The van der Waals surface area contributed by atoms with Gasteiger partial charge in [0.15, 0.2) is 5.96 Å². The Kier molecular flexibility index (Phi) is 7.22. The summed E-state index contributed by atoms with van der Waals surface area (Å²) < 4.78 is 0. The highest BCUT2D eigenvalue weighted by Crippen LogP contribution is 2.11. The number of nitrogens with zero attached hydrogens (tertiary/aromatic N) is 1. The molecule has 0 aromatic carbocycles. The normalized spacial score (nSPS) is 12.1. The Morgan fingerprint density at radius 1 is 1.24 bits per heavy atom. The maximum absolute atomic E-state index is 11.7. The van der Waals surface area contributed by atoms with Gasteiger partial charge in [0.25, 0.3) is 0 Å². The highest BCUT2D eigenvalue weighted by atomic mass is 32.1. The van der Waals surface area contributed by atoms with E-state index in [9.17, 15) is 4.79 Å². The van der Waals surface area contributed by atoms with Crippen molar-refractivity contribution in [3.8, 4) is 0 Å². The zero-order valence-electron chi connectivity index (χ0n) is 13.3. The monoisotopic (exact) mass is 310 g/mol. The Bertz CT molecular complexity index is 449. The predicted molar refractivity (Wildman–Crippen MR) is 89.6 cm³/mol. The van der Waals surface area contributed by atoms with Crippen LogP contribution in [0.2, 0.25) is 0 Å². The first kappa shape index (κ1) is 17.5. The predicted octanol–water partition coefficient (Wildman–Crippen LogP) is 1.97. The molecule has 6 heteroatoms. The third kappa shape index (κ3) is 7.13.